The molecule has 1 aromatic heterocycles. The Balaban J connectivity index is 1.71. The highest BCUT2D eigenvalue weighted by Gasteiger charge is 2.43. The van der Waals surface area contributed by atoms with E-state index in [2.05, 4.69) is 27.9 Å². The average molecular weight is 509 g/mol. The Hall–Kier alpha value is -2.10. The fourth-order valence-electron chi connectivity index (χ4n) is 4.13. The van der Waals surface area contributed by atoms with Crippen molar-refractivity contribution < 1.29 is 19.1 Å². The highest BCUT2D eigenvalue weighted by atomic mass is 127. The maximum absolute atomic E-state index is 12.9. The predicted octanol–water partition coefficient (Wildman–Crippen LogP) is 3.06. The van der Waals surface area contributed by atoms with Crippen molar-refractivity contribution in [1.82, 2.24) is 14.8 Å². The van der Waals surface area contributed by atoms with Gasteiger partial charge in [-0.25, -0.2) is 9.36 Å². The third-order valence-corrected chi connectivity index (χ3v) is 6.49. The minimum absolute atomic E-state index is 0.0444. The van der Waals surface area contributed by atoms with Gasteiger partial charge in [0.15, 0.2) is 0 Å². The number of halogens is 1. The zero-order valence-electron chi connectivity index (χ0n) is 16.7. The standard InChI is InChI=1S/C21H24IN3O4/c1-21(2,3)29-20(28)25-15-8-5-4-7-12(15)13(17(25)22)11-14-19(27)24-10-6-9-16(24)18(26)23-14/h4-5,7-8,14,16H,6,9-11H2,1-3H3,(H,23,26)/t14-,16-/m0/s1. The molecule has 0 spiro atoms. The van der Waals surface area contributed by atoms with E-state index < -0.39 is 17.7 Å². The Bertz CT molecular complexity index is 1010. The van der Waals surface area contributed by atoms with Gasteiger partial charge in [0, 0.05) is 18.4 Å². The SMILES string of the molecule is CC(C)(C)OC(=O)n1c(I)c(C[C@@H]2NC(=O)[C@@H]3CCCN3C2=O)c2ccccc21. The summed E-state index contributed by atoms with van der Waals surface area (Å²) >= 11 is 2.12. The molecule has 0 bridgehead atoms. The normalized spacial score (nSPS) is 22.0. The van der Waals surface area contributed by atoms with Gasteiger partial charge in [0.05, 0.1) is 9.22 Å². The van der Waals surface area contributed by atoms with Gasteiger partial charge in [-0.05, 0) is 67.8 Å². The van der Waals surface area contributed by atoms with E-state index in [0.29, 0.717) is 16.7 Å². The average Bonchev–Trinajstić information content (AvgIpc) is 3.22. The Morgan fingerprint density at radius 1 is 1.28 bits per heavy atom. The summed E-state index contributed by atoms with van der Waals surface area (Å²) in [5, 5.41) is 3.78. The fraction of sp³-hybridized carbons (Fsp3) is 0.476. The number of rotatable bonds is 2. The predicted molar refractivity (Wildman–Crippen MR) is 117 cm³/mol. The molecule has 8 heteroatoms. The van der Waals surface area contributed by atoms with E-state index in [0.717, 1.165) is 29.3 Å². The molecular formula is C21H24IN3O4. The second-order valence-corrected chi connectivity index (χ2v) is 9.58. The van der Waals surface area contributed by atoms with Crippen LogP contribution in [0.2, 0.25) is 0 Å². The van der Waals surface area contributed by atoms with E-state index in [9.17, 15) is 14.4 Å². The molecule has 154 valence electrons. The molecule has 2 saturated heterocycles. The molecule has 0 radical (unpaired) electrons. The lowest BCUT2D eigenvalue weighted by atomic mass is 10.0. The molecular weight excluding hydrogens is 485 g/mol. The Labute approximate surface area is 182 Å². The lowest BCUT2D eigenvalue weighted by Crippen LogP contribution is -2.61. The summed E-state index contributed by atoms with van der Waals surface area (Å²) in [5.41, 5.74) is 0.974. The molecule has 2 aliphatic heterocycles. The Morgan fingerprint density at radius 3 is 2.72 bits per heavy atom. The van der Waals surface area contributed by atoms with Gasteiger partial charge in [-0.1, -0.05) is 18.2 Å². The molecule has 1 aromatic carbocycles. The molecule has 29 heavy (non-hydrogen) atoms. The Kier molecular flexibility index (Phi) is 5.08. The largest absolute Gasteiger partial charge is 0.443 e. The second-order valence-electron chi connectivity index (χ2n) is 8.56. The van der Waals surface area contributed by atoms with Gasteiger partial charge in [0.25, 0.3) is 0 Å². The molecule has 3 heterocycles. The third-order valence-electron chi connectivity index (χ3n) is 5.35. The van der Waals surface area contributed by atoms with Crippen molar-refractivity contribution in [1.29, 1.82) is 0 Å². The van der Waals surface area contributed by atoms with Crippen LogP contribution in [0.1, 0.15) is 39.2 Å². The zero-order chi connectivity index (χ0) is 20.9. The summed E-state index contributed by atoms with van der Waals surface area (Å²) in [4.78, 5) is 40.0. The summed E-state index contributed by atoms with van der Waals surface area (Å²) in [6.45, 7) is 6.11. The maximum atomic E-state index is 12.9. The zero-order valence-corrected chi connectivity index (χ0v) is 18.9. The number of hydrogen-bond donors (Lipinski definition) is 1. The van der Waals surface area contributed by atoms with Crippen LogP contribution >= 0.6 is 22.6 Å². The van der Waals surface area contributed by atoms with Crippen molar-refractivity contribution >= 4 is 51.4 Å². The Morgan fingerprint density at radius 2 is 2.00 bits per heavy atom. The van der Waals surface area contributed by atoms with Gasteiger partial charge in [0.1, 0.15) is 17.7 Å². The highest BCUT2D eigenvalue weighted by molar-refractivity contribution is 14.1. The minimum atomic E-state index is -0.622. The van der Waals surface area contributed by atoms with Crippen molar-refractivity contribution in [2.24, 2.45) is 0 Å². The number of carbonyl (C=O) groups is 3. The number of aromatic nitrogens is 1. The lowest BCUT2D eigenvalue weighted by molar-refractivity contribution is -0.146. The van der Waals surface area contributed by atoms with Gasteiger partial charge >= 0.3 is 6.09 Å². The van der Waals surface area contributed by atoms with Crippen molar-refractivity contribution in [3.05, 3.63) is 33.5 Å². The van der Waals surface area contributed by atoms with Crippen molar-refractivity contribution in [2.75, 3.05) is 6.54 Å². The number of fused-ring (bicyclic) bond motifs is 2. The molecule has 7 nitrogen and oxygen atoms in total. The molecule has 2 aliphatic rings. The number of benzene rings is 1. The van der Waals surface area contributed by atoms with E-state index >= 15 is 0 Å². The molecule has 0 saturated carbocycles. The first kappa shape index (κ1) is 20.2. The van der Waals surface area contributed by atoms with Gasteiger partial charge in [-0.3, -0.25) is 9.59 Å². The fourth-order valence-corrected chi connectivity index (χ4v) is 5.10. The number of para-hydroxylation sites is 1. The quantitative estimate of drug-likeness (QED) is 0.632. The van der Waals surface area contributed by atoms with Crippen LogP contribution < -0.4 is 5.32 Å². The number of nitrogens with one attached hydrogen (secondary N) is 1. The summed E-state index contributed by atoms with van der Waals surface area (Å²) < 4.78 is 7.83. The first-order chi connectivity index (χ1) is 13.7. The highest BCUT2D eigenvalue weighted by Crippen LogP contribution is 2.31. The lowest BCUT2D eigenvalue weighted by Gasteiger charge is -2.34. The van der Waals surface area contributed by atoms with Crippen LogP contribution in [0.4, 0.5) is 4.79 Å². The molecule has 2 aromatic rings. The number of nitrogens with zero attached hydrogens (tertiary/aromatic N) is 2. The number of piperazine rings is 1. The van der Waals surface area contributed by atoms with Crippen molar-refractivity contribution in [2.45, 2.75) is 57.7 Å². The number of hydrogen-bond acceptors (Lipinski definition) is 4. The van der Waals surface area contributed by atoms with Crippen LogP contribution in [-0.2, 0) is 20.7 Å². The number of ether oxygens (including phenoxy) is 1. The number of amides is 2. The van der Waals surface area contributed by atoms with Crippen molar-refractivity contribution in [3.63, 3.8) is 0 Å². The van der Waals surface area contributed by atoms with Crippen LogP contribution in [-0.4, -0.2) is 51.6 Å². The van der Waals surface area contributed by atoms with Gasteiger partial charge < -0.3 is 15.0 Å². The van der Waals surface area contributed by atoms with Gasteiger partial charge in [-0.15, -0.1) is 0 Å². The van der Waals surface area contributed by atoms with Gasteiger partial charge in [-0.2, -0.15) is 0 Å². The van der Waals surface area contributed by atoms with E-state index in [1.54, 1.807) is 9.47 Å². The molecule has 4 rings (SSSR count). The molecule has 0 unspecified atom stereocenters. The first-order valence-electron chi connectivity index (χ1n) is 9.79. The maximum Gasteiger partial charge on any atom is 0.419 e. The summed E-state index contributed by atoms with van der Waals surface area (Å²) in [6.07, 6.45) is 1.46. The topological polar surface area (TPSA) is 80.6 Å². The van der Waals surface area contributed by atoms with E-state index in [1.165, 1.54) is 0 Å². The molecule has 0 aliphatic carbocycles. The van der Waals surface area contributed by atoms with Crippen LogP contribution in [0.25, 0.3) is 10.9 Å². The van der Waals surface area contributed by atoms with E-state index in [1.807, 2.05) is 45.0 Å². The van der Waals surface area contributed by atoms with Crippen molar-refractivity contribution in [3.8, 4) is 0 Å². The van der Waals surface area contributed by atoms with Crippen LogP contribution in [0.15, 0.2) is 24.3 Å². The number of carbonyl (C=O) groups excluding carboxylic acids is 3. The summed E-state index contributed by atoms with van der Waals surface area (Å²) in [6, 6.07) is 6.61. The van der Waals surface area contributed by atoms with E-state index in [-0.39, 0.29) is 17.9 Å². The van der Waals surface area contributed by atoms with Crippen LogP contribution in [0.3, 0.4) is 0 Å². The van der Waals surface area contributed by atoms with E-state index in [4.69, 9.17) is 4.74 Å². The molecule has 1 N–H and O–H groups in total. The summed E-state index contributed by atoms with van der Waals surface area (Å²) in [7, 11) is 0. The second kappa shape index (κ2) is 7.30. The minimum Gasteiger partial charge on any atom is -0.443 e. The first-order valence-corrected chi connectivity index (χ1v) is 10.9. The van der Waals surface area contributed by atoms with Crippen LogP contribution in [0.5, 0.6) is 0 Å². The molecule has 2 fully saturated rings. The molecule has 2 atom stereocenters. The van der Waals surface area contributed by atoms with Crippen LogP contribution in [0, 0.1) is 3.70 Å². The monoisotopic (exact) mass is 509 g/mol. The smallest absolute Gasteiger partial charge is 0.419 e. The molecule has 2 amide bonds. The summed E-state index contributed by atoms with van der Waals surface area (Å²) in [5.74, 6) is -0.130. The van der Waals surface area contributed by atoms with Gasteiger partial charge in [0.2, 0.25) is 11.8 Å². The third kappa shape index (κ3) is 3.62.